The van der Waals surface area contributed by atoms with Gasteiger partial charge in [0.25, 0.3) is 0 Å². The van der Waals surface area contributed by atoms with E-state index in [4.69, 9.17) is 10.1 Å². The Morgan fingerprint density at radius 1 is 0.884 bits per heavy atom. The first-order chi connectivity index (χ1) is 20.1. The van der Waals surface area contributed by atoms with E-state index in [2.05, 4.69) is 87.5 Å². The number of aliphatic hydroxyl groups is 1. The standard InChI is InChI=1S/C33H28NS.C5H8O2.Ir/c1-33(2,3)29-18-23(16-22-10-6-7-11-24(22)29)31-25-12-13-26-28-17-20-8-4-5-9-21(20)19-30(28)35-32(26)27(25)14-15-34-31;1-4(6)3-5(2)7;/h6-7,10-15,17-19H,4-5,8-9H2,1-3H3;3,6H,1-2H3;/q-1;;/b;4-3-;. The number of pyridine rings is 1. The summed E-state index contributed by atoms with van der Waals surface area (Å²) in [6.07, 6.45) is 8.23. The van der Waals surface area contributed by atoms with Gasteiger partial charge in [-0.1, -0.05) is 62.1 Å². The maximum atomic E-state index is 10.0. The number of fused-ring (bicyclic) bond motifs is 7. The summed E-state index contributed by atoms with van der Waals surface area (Å²) in [6.45, 7) is 9.71. The molecule has 4 aromatic carbocycles. The summed E-state index contributed by atoms with van der Waals surface area (Å²) >= 11 is 1.94. The summed E-state index contributed by atoms with van der Waals surface area (Å²) < 4.78 is 2.79. The molecule has 0 aliphatic heterocycles. The predicted molar refractivity (Wildman–Crippen MR) is 179 cm³/mol. The molecular formula is C38H36IrNO2S-. The number of hydrogen-bond donors (Lipinski definition) is 1. The molecule has 2 aromatic heterocycles. The zero-order chi connectivity index (χ0) is 29.6. The Kier molecular flexibility index (Phi) is 8.90. The van der Waals surface area contributed by atoms with Crippen LogP contribution in [0.3, 0.4) is 0 Å². The van der Waals surface area contributed by atoms with E-state index in [0.29, 0.717) is 0 Å². The van der Waals surface area contributed by atoms with Gasteiger partial charge in [0.15, 0.2) is 5.78 Å². The van der Waals surface area contributed by atoms with Gasteiger partial charge in [0, 0.05) is 58.2 Å². The van der Waals surface area contributed by atoms with Crippen molar-refractivity contribution in [3.8, 4) is 11.3 Å². The Morgan fingerprint density at radius 3 is 2.23 bits per heavy atom. The number of ketones is 1. The molecule has 3 nitrogen and oxygen atoms in total. The number of nitrogens with zero attached hydrogens (tertiary/aromatic N) is 1. The van der Waals surface area contributed by atoms with Gasteiger partial charge in [0.1, 0.15) is 0 Å². The third-order valence-corrected chi connectivity index (χ3v) is 9.29. The van der Waals surface area contributed by atoms with Crippen LogP contribution in [0.2, 0.25) is 0 Å². The SMILES string of the molecule is CC(=O)/C=C(/C)O.CC(C)(C)c1cc(-c2nccc3c2ccc2c4cc5c(cc4sc32)CCCC5)[c-]c2ccccc12.[Ir]. The minimum atomic E-state index is -0.125. The molecule has 1 aliphatic carbocycles. The van der Waals surface area contributed by atoms with E-state index in [1.54, 1.807) is 11.1 Å². The van der Waals surface area contributed by atoms with E-state index >= 15 is 0 Å². The van der Waals surface area contributed by atoms with Gasteiger partial charge in [-0.2, -0.15) is 0 Å². The van der Waals surface area contributed by atoms with Gasteiger partial charge in [-0.05, 0) is 85.0 Å². The van der Waals surface area contributed by atoms with Crippen molar-refractivity contribution in [1.29, 1.82) is 0 Å². The Bertz CT molecular complexity index is 2030. The van der Waals surface area contributed by atoms with Crippen LogP contribution in [0.15, 0.2) is 78.7 Å². The van der Waals surface area contributed by atoms with E-state index in [-0.39, 0.29) is 37.1 Å². The summed E-state index contributed by atoms with van der Waals surface area (Å²) in [7, 11) is 0. The van der Waals surface area contributed by atoms with Crippen molar-refractivity contribution in [1.82, 2.24) is 4.98 Å². The van der Waals surface area contributed by atoms with Crippen LogP contribution in [0.1, 0.15) is 64.2 Å². The zero-order valence-corrected chi connectivity index (χ0v) is 28.5. The van der Waals surface area contributed by atoms with Crippen LogP contribution >= 0.6 is 11.3 Å². The summed E-state index contributed by atoms with van der Waals surface area (Å²) in [5.41, 5.74) is 6.59. The summed E-state index contributed by atoms with van der Waals surface area (Å²) in [5.74, 6) is -0.0625. The molecule has 1 N–H and O–H groups in total. The first-order valence-electron chi connectivity index (χ1n) is 14.7. The van der Waals surface area contributed by atoms with Crippen molar-refractivity contribution in [2.75, 3.05) is 0 Å². The second kappa shape index (κ2) is 12.3. The van der Waals surface area contributed by atoms with E-state index < -0.39 is 0 Å². The second-order valence-corrected chi connectivity index (χ2v) is 13.5. The third kappa shape index (κ3) is 6.17. The molecule has 0 unspecified atom stereocenters. The number of carbonyl (C=O) groups excluding carboxylic acids is 1. The first kappa shape index (κ1) is 31.1. The molecule has 6 aromatic rings. The van der Waals surface area contributed by atoms with Crippen molar-refractivity contribution in [2.45, 2.75) is 65.7 Å². The minimum absolute atomic E-state index is 0. The van der Waals surface area contributed by atoms with Crippen LogP contribution in [0.5, 0.6) is 0 Å². The topological polar surface area (TPSA) is 50.2 Å². The molecular weight excluding hydrogens is 727 g/mol. The number of carbonyl (C=O) groups is 1. The smallest absolute Gasteiger partial charge is 0.155 e. The maximum absolute atomic E-state index is 10.0. The fourth-order valence-electron chi connectivity index (χ4n) is 6.20. The minimum Gasteiger partial charge on any atom is -0.512 e. The number of aromatic nitrogens is 1. The average molecular weight is 763 g/mol. The molecule has 5 heteroatoms. The van der Waals surface area contributed by atoms with Crippen molar-refractivity contribution in [3.05, 3.63) is 101 Å². The van der Waals surface area contributed by atoms with Crippen molar-refractivity contribution in [2.24, 2.45) is 0 Å². The number of hydrogen-bond acceptors (Lipinski definition) is 4. The summed E-state index contributed by atoms with van der Waals surface area (Å²) in [6, 6.07) is 26.4. The van der Waals surface area contributed by atoms with Crippen LogP contribution in [0.4, 0.5) is 0 Å². The number of aryl methyl sites for hydroxylation is 2. The van der Waals surface area contributed by atoms with E-state index in [9.17, 15) is 4.79 Å². The molecule has 2 heterocycles. The van der Waals surface area contributed by atoms with E-state index in [0.717, 1.165) is 16.6 Å². The van der Waals surface area contributed by atoms with Crippen LogP contribution < -0.4 is 0 Å². The Hall–Kier alpha value is -3.37. The number of thiophene rings is 1. The van der Waals surface area contributed by atoms with Crippen LogP contribution in [-0.4, -0.2) is 15.9 Å². The van der Waals surface area contributed by atoms with Gasteiger partial charge in [-0.3, -0.25) is 9.78 Å². The summed E-state index contributed by atoms with van der Waals surface area (Å²) in [4.78, 5) is 14.9. The fraction of sp³-hybridized carbons (Fsp3) is 0.263. The molecule has 1 radical (unpaired) electrons. The van der Waals surface area contributed by atoms with Crippen molar-refractivity contribution < 1.29 is 30.0 Å². The predicted octanol–water partition coefficient (Wildman–Crippen LogP) is 10.4. The Labute approximate surface area is 271 Å². The van der Waals surface area contributed by atoms with Gasteiger partial charge in [0.05, 0.1) is 5.76 Å². The molecule has 43 heavy (non-hydrogen) atoms. The van der Waals surface area contributed by atoms with Crippen LogP contribution in [-0.2, 0) is 43.2 Å². The van der Waals surface area contributed by atoms with Crippen LogP contribution in [0, 0.1) is 6.07 Å². The third-order valence-electron chi connectivity index (χ3n) is 8.09. The van der Waals surface area contributed by atoms with E-state index in [1.165, 1.54) is 87.5 Å². The maximum Gasteiger partial charge on any atom is 0.155 e. The molecule has 221 valence electrons. The molecule has 0 fully saturated rings. The Balaban J connectivity index is 0.000000415. The molecule has 0 saturated carbocycles. The molecule has 0 bridgehead atoms. The van der Waals surface area contributed by atoms with Gasteiger partial charge in [-0.25, -0.2) is 0 Å². The van der Waals surface area contributed by atoms with E-state index in [1.807, 2.05) is 17.5 Å². The largest absolute Gasteiger partial charge is 0.512 e. The van der Waals surface area contributed by atoms with Crippen molar-refractivity contribution in [3.63, 3.8) is 0 Å². The number of aliphatic hydroxyl groups excluding tert-OH is 1. The van der Waals surface area contributed by atoms with Gasteiger partial charge in [-0.15, -0.1) is 40.5 Å². The van der Waals surface area contributed by atoms with Gasteiger partial charge in [0.2, 0.25) is 0 Å². The molecule has 0 atom stereocenters. The first-order valence-corrected chi connectivity index (χ1v) is 15.5. The fourth-order valence-corrected chi connectivity index (χ4v) is 7.48. The van der Waals surface area contributed by atoms with Gasteiger partial charge >= 0.3 is 0 Å². The molecule has 7 rings (SSSR count). The zero-order valence-electron chi connectivity index (χ0n) is 25.3. The molecule has 1 aliphatic rings. The van der Waals surface area contributed by atoms with Crippen molar-refractivity contribution >= 4 is 58.8 Å². The molecule has 0 saturated heterocycles. The van der Waals surface area contributed by atoms with Gasteiger partial charge < -0.3 is 5.11 Å². The quantitative estimate of drug-likeness (QED) is 0.109. The normalized spacial score (nSPS) is 13.5. The van der Waals surface area contributed by atoms with Crippen LogP contribution in [0.25, 0.3) is 53.0 Å². The molecule has 0 spiro atoms. The number of benzene rings is 4. The second-order valence-electron chi connectivity index (χ2n) is 12.4. The Morgan fingerprint density at radius 2 is 1.56 bits per heavy atom. The summed E-state index contributed by atoms with van der Waals surface area (Å²) in [5, 5.41) is 16.1. The number of rotatable bonds is 2. The monoisotopic (exact) mass is 763 g/mol. The molecule has 0 amide bonds. The average Bonchev–Trinajstić information content (AvgIpc) is 3.32. The number of allylic oxidation sites excluding steroid dienone is 2.